The van der Waals surface area contributed by atoms with Crippen molar-refractivity contribution in [2.45, 2.75) is 26.8 Å². The van der Waals surface area contributed by atoms with Crippen LogP contribution in [0.2, 0.25) is 5.15 Å². The van der Waals surface area contributed by atoms with E-state index in [1.54, 1.807) is 38.2 Å². The number of halogens is 1. The van der Waals surface area contributed by atoms with Gasteiger partial charge in [-0.2, -0.15) is 0 Å². The summed E-state index contributed by atoms with van der Waals surface area (Å²) >= 11 is 5.89. The molecular weight excluding hydrogens is 482 g/mol. The van der Waals surface area contributed by atoms with Gasteiger partial charge in [0.25, 0.3) is 0 Å². The number of hydrogen-bond acceptors (Lipinski definition) is 8. The molecule has 1 atom stereocenters. The monoisotopic (exact) mass is 505 g/mol. The number of nitrogen functional groups attached to an aromatic ring is 1. The van der Waals surface area contributed by atoms with Crippen molar-refractivity contribution in [2.24, 2.45) is 4.99 Å². The first kappa shape index (κ1) is 24.9. The van der Waals surface area contributed by atoms with Crippen molar-refractivity contribution in [1.29, 1.82) is 0 Å². The fourth-order valence-corrected chi connectivity index (χ4v) is 4.14. The van der Waals surface area contributed by atoms with Crippen molar-refractivity contribution in [3.05, 3.63) is 79.9 Å². The molecule has 4 N–H and O–H groups in total. The van der Waals surface area contributed by atoms with Gasteiger partial charge in [-0.3, -0.25) is 9.79 Å². The summed E-state index contributed by atoms with van der Waals surface area (Å²) in [5.74, 6) is -0.901. The number of nitrogens with two attached hydrogens (primary N) is 1. The standard InChI is InChI=1S/C26H24ClN5O4/c1-12-9-15(14(3)30-18-7-8-21(27)32-22(18)26(34)35)25-16(10-12)23(33)13(2)24(36-25)19-6-5-17(28)20(31-19)11-29-4/h5-11,14,30H,28H2,1-4H3,(H,34,35). The molecule has 0 aliphatic heterocycles. The van der Waals surface area contributed by atoms with Gasteiger partial charge in [-0.05, 0) is 56.7 Å². The van der Waals surface area contributed by atoms with Gasteiger partial charge in [-0.15, -0.1) is 0 Å². The number of aromatic nitrogens is 2. The second kappa shape index (κ2) is 9.79. The van der Waals surface area contributed by atoms with E-state index in [4.69, 9.17) is 21.8 Å². The lowest BCUT2D eigenvalue weighted by atomic mass is 9.99. The predicted octanol–water partition coefficient (Wildman–Crippen LogP) is 5.02. The molecule has 4 rings (SSSR count). The van der Waals surface area contributed by atoms with Crippen LogP contribution >= 0.6 is 11.6 Å². The summed E-state index contributed by atoms with van der Waals surface area (Å²) in [4.78, 5) is 37.5. The topological polar surface area (TPSA) is 144 Å². The fraction of sp³-hybridized carbons (Fsp3) is 0.192. The Labute approximate surface area is 211 Å². The van der Waals surface area contributed by atoms with E-state index >= 15 is 0 Å². The molecular formula is C26H24ClN5O4. The van der Waals surface area contributed by atoms with Gasteiger partial charge in [0, 0.05) is 24.4 Å². The number of carbonyl (C=O) groups is 1. The normalized spacial score (nSPS) is 12.2. The molecule has 9 nitrogen and oxygen atoms in total. The zero-order chi connectivity index (χ0) is 26.1. The number of aromatic carboxylic acids is 1. The van der Waals surface area contributed by atoms with Gasteiger partial charge in [0.05, 0.1) is 22.8 Å². The van der Waals surface area contributed by atoms with Gasteiger partial charge in [-0.25, -0.2) is 14.8 Å². The first-order valence-electron chi connectivity index (χ1n) is 11.0. The van der Waals surface area contributed by atoms with Crippen LogP contribution in [0.3, 0.4) is 0 Å². The quantitative estimate of drug-likeness (QED) is 0.244. The Balaban J connectivity index is 1.90. The van der Waals surface area contributed by atoms with Crippen molar-refractivity contribution < 1.29 is 14.3 Å². The van der Waals surface area contributed by atoms with Crippen LogP contribution in [-0.4, -0.2) is 34.3 Å². The number of fused-ring (bicyclic) bond motifs is 1. The van der Waals surface area contributed by atoms with Gasteiger partial charge < -0.3 is 20.6 Å². The van der Waals surface area contributed by atoms with Gasteiger partial charge >= 0.3 is 5.97 Å². The predicted molar refractivity (Wildman–Crippen MR) is 141 cm³/mol. The molecule has 0 saturated carbocycles. The number of pyridine rings is 2. The molecule has 0 aliphatic rings. The molecule has 184 valence electrons. The number of carboxylic acids is 1. The van der Waals surface area contributed by atoms with E-state index in [1.807, 2.05) is 19.9 Å². The minimum atomic E-state index is -1.22. The molecule has 10 heteroatoms. The second-order valence-electron chi connectivity index (χ2n) is 8.38. The maximum atomic E-state index is 13.4. The number of benzene rings is 1. The highest BCUT2D eigenvalue weighted by molar-refractivity contribution is 6.29. The van der Waals surface area contributed by atoms with E-state index in [0.717, 1.165) is 5.56 Å². The van der Waals surface area contributed by atoms with Crippen molar-refractivity contribution in [2.75, 3.05) is 18.1 Å². The van der Waals surface area contributed by atoms with Gasteiger partial charge in [0.1, 0.15) is 22.1 Å². The Morgan fingerprint density at radius 1 is 1.22 bits per heavy atom. The third kappa shape index (κ3) is 4.65. The molecule has 0 radical (unpaired) electrons. The van der Waals surface area contributed by atoms with Crippen molar-refractivity contribution in [1.82, 2.24) is 9.97 Å². The molecule has 4 aromatic rings. The molecule has 0 amide bonds. The number of aliphatic imine (C=N–C) groups is 1. The van der Waals surface area contributed by atoms with E-state index in [9.17, 15) is 14.7 Å². The van der Waals surface area contributed by atoms with Gasteiger partial charge in [-0.1, -0.05) is 17.7 Å². The van der Waals surface area contributed by atoms with Gasteiger partial charge in [0.15, 0.2) is 16.9 Å². The number of nitrogens with zero attached hydrogens (tertiary/aromatic N) is 3. The zero-order valence-corrected chi connectivity index (χ0v) is 20.8. The zero-order valence-electron chi connectivity index (χ0n) is 20.1. The highest BCUT2D eigenvalue weighted by Gasteiger charge is 2.21. The fourth-order valence-electron chi connectivity index (χ4n) is 4.00. The first-order valence-corrected chi connectivity index (χ1v) is 11.4. The lowest BCUT2D eigenvalue weighted by molar-refractivity contribution is 0.0691. The summed E-state index contributed by atoms with van der Waals surface area (Å²) in [6.45, 7) is 5.41. The number of nitrogens with one attached hydrogen (secondary N) is 1. The lowest BCUT2D eigenvalue weighted by Gasteiger charge is -2.19. The van der Waals surface area contributed by atoms with E-state index in [1.165, 1.54) is 12.3 Å². The molecule has 1 aromatic carbocycles. The second-order valence-corrected chi connectivity index (χ2v) is 8.76. The number of aryl methyl sites for hydroxylation is 1. The van der Waals surface area contributed by atoms with E-state index in [0.29, 0.717) is 44.9 Å². The lowest BCUT2D eigenvalue weighted by Crippen LogP contribution is -2.15. The van der Waals surface area contributed by atoms with E-state index < -0.39 is 12.0 Å². The molecule has 3 aromatic heterocycles. The van der Waals surface area contributed by atoms with Crippen molar-refractivity contribution >= 4 is 46.1 Å². The molecule has 1 unspecified atom stereocenters. The van der Waals surface area contributed by atoms with Crippen LogP contribution in [0.1, 0.15) is 45.8 Å². The van der Waals surface area contributed by atoms with Crippen molar-refractivity contribution in [3.63, 3.8) is 0 Å². The number of carboxylic acid groups (broad SMARTS) is 1. The average Bonchev–Trinajstić information content (AvgIpc) is 2.83. The third-order valence-corrected chi connectivity index (χ3v) is 5.95. The maximum absolute atomic E-state index is 13.4. The van der Waals surface area contributed by atoms with Crippen LogP contribution in [0.5, 0.6) is 0 Å². The van der Waals surface area contributed by atoms with Crippen LogP contribution in [0.25, 0.3) is 22.4 Å². The van der Waals surface area contributed by atoms with Gasteiger partial charge in [0.2, 0.25) is 0 Å². The Kier molecular flexibility index (Phi) is 6.76. The van der Waals surface area contributed by atoms with E-state index in [-0.39, 0.29) is 22.0 Å². The minimum absolute atomic E-state index is 0.0706. The summed E-state index contributed by atoms with van der Waals surface area (Å²) in [6, 6.07) is 9.63. The number of hydrogen-bond donors (Lipinski definition) is 3. The van der Waals surface area contributed by atoms with Crippen LogP contribution in [0, 0.1) is 13.8 Å². The SMILES string of the molecule is CN=Cc1nc(-c2oc3c(C(C)Nc4ccc(Cl)nc4C(=O)O)cc(C)cc3c(=O)c2C)ccc1N. The Morgan fingerprint density at radius 2 is 1.97 bits per heavy atom. The molecule has 0 bridgehead atoms. The molecule has 3 heterocycles. The van der Waals surface area contributed by atoms with Crippen LogP contribution in [0.15, 0.2) is 50.6 Å². The summed E-state index contributed by atoms with van der Waals surface area (Å²) in [5.41, 5.74) is 9.54. The molecule has 0 spiro atoms. The molecule has 36 heavy (non-hydrogen) atoms. The molecule has 0 saturated heterocycles. The Bertz CT molecular complexity index is 1600. The summed E-state index contributed by atoms with van der Waals surface area (Å²) in [7, 11) is 1.62. The van der Waals surface area contributed by atoms with Crippen LogP contribution in [0.4, 0.5) is 11.4 Å². The smallest absolute Gasteiger partial charge is 0.356 e. The third-order valence-electron chi connectivity index (χ3n) is 5.74. The minimum Gasteiger partial charge on any atom is -0.476 e. The first-order chi connectivity index (χ1) is 17.1. The summed E-state index contributed by atoms with van der Waals surface area (Å²) < 4.78 is 6.33. The maximum Gasteiger partial charge on any atom is 0.356 e. The highest BCUT2D eigenvalue weighted by Crippen LogP contribution is 2.32. The number of anilines is 2. The van der Waals surface area contributed by atoms with Crippen molar-refractivity contribution in [3.8, 4) is 11.5 Å². The largest absolute Gasteiger partial charge is 0.476 e. The Hall–Kier alpha value is -4.24. The van der Waals surface area contributed by atoms with E-state index in [2.05, 4.69) is 20.3 Å². The summed E-state index contributed by atoms with van der Waals surface area (Å²) in [6.07, 6.45) is 1.54. The molecule has 0 fully saturated rings. The highest BCUT2D eigenvalue weighted by atomic mass is 35.5. The Morgan fingerprint density at radius 3 is 2.67 bits per heavy atom. The summed E-state index contributed by atoms with van der Waals surface area (Å²) in [5, 5.41) is 13.2. The van der Waals surface area contributed by atoms with Crippen LogP contribution < -0.4 is 16.5 Å². The number of rotatable bonds is 6. The average molecular weight is 506 g/mol. The van der Waals surface area contributed by atoms with Crippen LogP contribution in [-0.2, 0) is 0 Å². The molecule has 0 aliphatic carbocycles.